The van der Waals surface area contributed by atoms with Gasteiger partial charge in [0.1, 0.15) is 0 Å². The molecule has 0 saturated carbocycles. The van der Waals surface area contributed by atoms with Crippen LogP contribution in [0.15, 0.2) is 6.20 Å². The number of methoxy groups -OCH3 is 1. The summed E-state index contributed by atoms with van der Waals surface area (Å²) in [5.74, 6) is 0.725. The Morgan fingerprint density at radius 2 is 2.24 bits per heavy atom. The van der Waals surface area contributed by atoms with Crippen molar-refractivity contribution in [2.75, 3.05) is 20.3 Å². The lowest BCUT2D eigenvalue weighted by Crippen LogP contribution is -2.18. The lowest BCUT2D eigenvalue weighted by Gasteiger charge is -2.04. The molecular formula is C13H25N3O. The van der Waals surface area contributed by atoms with Gasteiger partial charge >= 0.3 is 0 Å². The molecule has 0 radical (unpaired) electrons. The molecule has 0 amide bonds. The largest absolute Gasteiger partial charge is 0.383 e. The number of hydrogen-bond donors (Lipinski definition) is 1. The standard InChI is InChI=1S/C13H25N3O/c1-11(2)5-7-16-10-13(12(3)15-16)9-14-6-8-17-4/h10-11,14H,5-9H2,1-4H3. The van der Waals surface area contributed by atoms with Crippen LogP contribution in [-0.4, -0.2) is 30.0 Å². The monoisotopic (exact) mass is 239 g/mol. The second-order valence-corrected chi connectivity index (χ2v) is 4.85. The molecule has 98 valence electrons. The van der Waals surface area contributed by atoms with Crippen molar-refractivity contribution >= 4 is 0 Å². The first kappa shape index (κ1) is 14.2. The second kappa shape index (κ2) is 7.45. The number of aryl methyl sites for hydroxylation is 2. The number of nitrogens with one attached hydrogen (secondary N) is 1. The molecule has 0 bridgehead atoms. The summed E-state index contributed by atoms with van der Waals surface area (Å²) in [7, 11) is 1.72. The van der Waals surface area contributed by atoms with Gasteiger partial charge in [-0.2, -0.15) is 5.10 Å². The molecule has 0 fully saturated rings. The molecule has 0 aromatic carbocycles. The zero-order chi connectivity index (χ0) is 12.7. The fourth-order valence-electron chi connectivity index (χ4n) is 1.63. The van der Waals surface area contributed by atoms with Crippen LogP contribution in [0.3, 0.4) is 0 Å². The zero-order valence-electron chi connectivity index (χ0n) is 11.5. The minimum atomic E-state index is 0.725. The Kier molecular flexibility index (Phi) is 6.22. The summed E-state index contributed by atoms with van der Waals surface area (Å²) in [6.45, 7) is 10.1. The fraction of sp³-hybridized carbons (Fsp3) is 0.769. The van der Waals surface area contributed by atoms with Crippen molar-refractivity contribution < 1.29 is 4.74 Å². The van der Waals surface area contributed by atoms with Gasteiger partial charge < -0.3 is 10.1 Å². The van der Waals surface area contributed by atoms with Gasteiger partial charge in [-0.3, -0.25) is 4.68 Å². The zero-order valence-corrected chi connectivity index (χ0v) is 11.5. The van der Waals surface area contributed by atoms with Crippen LogP contribution in [0.4, 0.5) is 0 Å². The van der Waals surface area contributed by atoms with Crippen LogP contribution >= 0.6 is 0 Å². The molecule has 1 aromatic rings. The molecule has 0 unspecified atom stereocenters. The molecular weight excluding hydrogens is 214 g/mol. The van der Waals surface area contributed by atoms with E-state index < -0.39 is 0 Å². The van der Waals surface area contributed by atoms with E-state index in [0.717, 1.165) is 37.9 Å². The predicted octanol–water partition coefficient (Wildman–Crippen LogP) is 1.97. The van der Waals surface area contributed by atoms with E-state index in [4.69, 9.17) is 4.74 Å². The van der Waals surface area contributed by atoms with Crippen LogP contribution in [0.1, 0.15) is 31.5 Å². The van der Waals surface area contributed by atoms with Crippen LogP contribution in [0.5, 0.6) is 0 Å². The molecule has 0 saturated heterocycles. The van der Waals surface area contributed by atoms with Crippen molar-refractivity contribution in [3.8, 4) is 0 Å². The van der Waals surface area contributed by atoms with Crippen molar-refractivity contribution in [1.29, 1.82) is 0 Å². The van der Waals surface area contributed by atoms with E-state index in [1.165, 1.54) is 12.0 Å². The molecule has 0 aliphatic carbocycles. The molecule has 1 heterocycles. The molecule has 4 nitrogen and oxygen atoms in total. The van der Waals surface area contributed by atoms with E-state index in [0.29, 0.717) is 0 Å². The third kappa shape index (κ3) is 5.33. The first-order chi connectivity index (χ1) is 8.13. The number of aromatic nitrogens is 2. The van der Waals surface area contributed by atoms with Gasteiger partial charge in [-0.05, 0) is 19.3 Å². The van der Waals surface area contributed by atoms with Crippen molar-refractivity contribution in [3.05, 3.63) is 17.5 Å². The maximum atomic E-state index is 5.00. The van der Waals surface area contributed by atoms with Crippen LogP contribution in [0, 0.1) is 12.8 Å². The van der Waals surface area contributed by atoms with Gasteiger partial charge in [0.25, 0.3) is 0 Å². The summed E-state index contributed by atoms with van der Waals surface area (Å²) in [5.41, 5.74) is 2.41. The molecule has 1 N–H and O–H groups in total. The van der Waals surface area contributed by atoms with Gasteiger partial charge in [0.05, 0.1) is 12.3 Å². The van der Waals surface area contributed by atoms with Gasteiger partial charge in [0, 0.05) is 38.5 Å². The van der Waals surface area contributed by atoms with Crippen LogP contribution in [0.25, 0.3) is 0 Å². The molecule has 0 aliphatic rings. The van der Waals surface area contributed by atoms with Gasteiger partial charge in [-0.15, -0.1) is 0 Å². The molecule has 0 aliphatic heterocycles. The van der Waals surface area contributed by atoms with Crippen molar-refractivity contribution in [1.82, 2.24) is 15.1 Å². The van der Waals surface area contributed by atoms with Crippen LogP contribution in [-0.2, 0) is 17.8 Å². The van der Waals surface area contributed by atoms with E-state index in [-0.39, 0.29) is 0 Å². The molecule has 0 atom stereocenters. The highest BCUT2D eigenvalue weighted by molar-refractivity contribution is 5.14. The maximum absolute atomic E-state index is 5.00. The van der Waals surface area contributed by atoms with Gasteiger partial charge in [-0.1, -0.05) is 13.8 Å². The van der Waals surface area contributed by atoms with Crippen molar-refractivity contribution in [2.45, 2.75) is 40.3 Å². The van der Waals surface area contributed by atoms with Crippen LogP contribution in [0.2, 0.25) is 0 Å². The minimum Gasteiger partial charge on any atom is -0.383 e. The van der Waals surface area contributed by atoms with E-state index >= 15 is 0 Å². The molecule has 1 aromatic heterocycles. The SMILES string of the molecule is COCCNCc1cn(CCC(C)C)nc1C. The average molecular weight is 239 g/mol. The smallest absolute Gasteiger partial charge is 0.0638 e. The number of nitrogens with zero attached hydrogens (tertiary/aromatic N) is 2. The summed E-state index contributed by atoms with van der Waals surface area (Å²) < 4.78 is 7.05. The predicted molar refractivity (Wildman–Crippen MR) is 70.0 cm³/mol. The highest BCUT2D eigenvalue weighted by Gasteiger charge is 2.04. The number of ether oxygens (including phenoxy) is 1. The summed E-state index contributed by atoms with van der Waals surface area (Å²) in [5, 5.41) is 7.87. The van der Waals surface area contributed by atoms with Gasteiger partial charge in [0.15, 0.2) is 0 Å². The summed E-state index contributed by atoms with van der Waals surface area (Å²) in [6, 6.07) is 0. The van der Waals surface area contributed by atoms with E-state index in [9.17, 15) is 0 Å². The molecule has 17 heavy (non-hydrogen) atoms. The Labute approximate surface area is 104 Å². The Morgan fingerprint density at radius 1 is 1.47 bits per heavy atom. The third-order valence-electron chi connectivity index (χ3n) is 2.78. The molecule has 0 spiro atoms. The highest BCUT2D eigenvalue weighted by Crippen LogP contribution is 2.08. The fourth-order valence-corrected chi connectivity index (χ4v) is 1.63. The number of rotatable bonds is 8. The normalized spacial score (nSPS) is 11.4. The first-order valence-corrected chi connectivity index (χ1v) is 6.36. The maximum Gasteiger partial charge on any atom is 0.0638 e. The van der Waals surface area contributed by atoms with E-state index in [1.54, 1.807) is 7.11 Å². The lowest BCUT2D eigenvalue weighted by molar-refractivity contribution is 0.199. The topological polar surface area (TPSA) is 39.1 Å². The summed E-state index contributed by atoms with van der Waals surface area (Å²) in [4.78, 5) is 0. The third-order valence-corrected chi connectivity index (χ3v) is 2.78. The first-order valence-electron chi connectivity index (χ1n) is 6.36. The Hall–Kier alpha value is -0.870. The molecule has 1 rings (SSSR count). The van der Waals surface area contributed by atoms with Gasteiger partial charge in [-0.25, -0.2) is 0 Å². The van der Waals surface area contributed by atoms with Crippen molar-refractivity contribution in [3.63, 3.8) is 0 Å². The number of hydrogen-bond acceptors (Lipinski definition) is 3. The Morgan fingerprint density at radius 3 is 2.88 bits per heavy atom. The highest BCUT2D eigenvalue weighted by atomic mass is 16.5. The summed E-state index contributed by atoms with van der Waals surface area (Å²) >= 11 is 0. The Balaban J connectivity index is 2.39. The second-order valence-electron chi connectivity index (χ2n) is 4.85. The molecule has 4 heteroatoms. The van der Waals surface area contributed by atoms with Crippen LogP contribution < -0.4 is 5.32 Å². The average Bonchev–Trinajstić information content (AvgIpc) is 2.63. The van der Waals surface area contributed by atoms with E-state index in [2.05, 4.69) is 42.1 Å². The summed E-state index contributed by atoms with van der Waals surface area (Å²) in [6.07, 6.45) is 3.33. The van der Waals surface area contributed by atoms with Gasteiger partial charge in [0.2, 0.25) is 0 Å². The van der Waals surface area contributed by atoms with Crippen molar-refractivity contribution in [2.24, 2.45) is 5.92 Å². The Bertz CT molecular complexity index is 320. The quantitative estimate of drug-likeness (QED) is 0.705. The minimum absolute atomic E-state index is 0.725. The lowest BCUT2D eigenvalue weighted by atomic mass is 10.1. The van der Waals surface area contributed by atoms with E-state index in [1.807, 2.05) is 0 Å².